The molecule has 70 valence electrons. The van der Waals surface area contributed by atoms with Crippen molar-refractivity contribution in [3.63, 3.8) is 0 Å². The van der Waals surface area contributed by atoms with E-state index in [2.05, 4.69) is 52.4 Å². The molecule has 0 amide bonds. The highest BCUT2D eigenvalue weighted by Crippen LogP contribution is 2.34. The van der Waals surface area contributed by atoms with Gasteiger partial charge >= 0.3 is 0 Å². The van der Waals surface area contributed by atoms with Gasteiger partial charge in [-0.1, -0.05) is 28.1 Å². The summed E-state index contributed by atoms with van der Waals surface area (Å²) < 4.78 is 1.16. The number of halogens is 1. The highest BCUT2D eigenvalue weighted by molar-refractivity contribution is 9.10. The Balaban J connectivity index is 1.94. The van der Waals surface area contributed by atoms with E-state index in [1.807, 2.05) is 0 Å². The van der Waals surface area contributed by atoms with Gasteiger partial charge in [0.25, 0.3) is 0 Å². The highest BCUT2D eigenvalue weighted by atomic mass is 79.9. The summed E-state index contributed by atoms with van der Waals surface area (Å²) >= 11 is 3.47. The zero-order valence-electron chi connectivity index (χ0n) is 7.81. The van der Waals surface area contributed by atoms with Crippen LogP contribution in [-0.4, -0.2) is 5.54 Å². The van der Waals surface area contributed by atoms with E-state index < -0.39 is 0 Å². The van der Waals surface area contributed by atoms with Crippen molar-refractivity contribution in [2.75, 3.05) is 0 Å². The van der Waals surface area contributed by atoms with Crippen molar-refractivity contribution in [2.45, 2.75) is 31.8 Å². The first-order valence-corrected chi connectivity index (χ1v) is 5.47. The minimum Gasteiger partial charge on any atom is -0.307 e. The molecule has 1 aliphatic carbocycles. The molecule has 1 fully saturated rings. The molecule has 1 saturated carbocycles. The summed E-state index contributed by atoms with van der Waals surface area (Å²) in [4.78, 5) is 0. The largest absolute Gasteiger partial charge is 0.307 e. The summed E-state index contributed by atoms with van der Waals surface area (Å²) in [5.41, 5.74) is 1.78. The summed E-state index contributed by atoms with van der Waals surface area (Å²) in [5, 5.41) is 3.56. The predicted octanol–water partition coefficient (Wildman–Crippen LogP) is 3.09. The topological polar surface area (TPSA) is 12.0 Å². The number of nitrogens with one attached hydrogen (secondary N) is 1. The summed E-state index contributed by atoms with van der Waals surface area (Å²) in [5.74, 6) is 0. The van der Waals surface area contributed by atoms with E-state index in [-0.39, 0.29) is 0 Å². The highest BCUT2D eigenvalue weighted by Gasteiger charge is 2.36. The van der Waals surface area contributed by atoms with E-state index in [0.29, 0.717) is 5.54 Å². The van der Waals surface area contributed by atoms with Crippen molar-refractivity contribution in [2.24, 2.45) is 0 Å². The van der Waals surface area contributed by atoms with Crippen LogP contribution in [0.5, 0.6) is 0 Å². The van der Waals surface area contributed by atoms with E-state index in [4.69, 9.17) is 0 Å². The lowest BCUT2D eigenvalue weighted by Crippen LogP contribution is -2.26. The van der Waals surface area contributed by atoms with Gasteiger partial charge in [0, 0.05) is 16.6 Å². The van der Waals surface area contributed by atoms with Gasteiger partial charge in [-0.3, -0.25) is 0 Å². The summed E-state index contributed by atoms with van der Waals surface area (Å²) in [6.07, 6.45) is 2.64. The lowest BCUT2D eigenvalue weighted by atomic mass is 10.2. The maximum Gasteiger partial charge on any atom is 0.0210 e. The van der Waals surface area contributed by atoms with Gasteiger partial charge in [0.1, 0.15) is 0 Å². The molecule has 2 heteroatoms. The molecule has 0 saturated heterocycles. The molecule has 0 aliphatic heterocycles. The minimum absolute atomic E-state index is 0.433. The third-order valence-corrected chi connectivity index (χ3v) is 3.10. The molecule has 0 aromatic heterocycles. The molecule has 0 unspecified atom stereocenters. The Bertz CT molecular complexity index is 305. The van der Waals surface area contributed by atoms with Crippen molar-refractivity contribution in [3.8, 4) is 0 Å². The molecule has 1 nitrogen and oxygen atoms in total. The lowest BCUT2D eigenvalue weighted by molar-refractivity contribution is 0.537. The van der Waals surface area contributed by atoms with Crippen LogP contribution in [0.15, 0.2) is 28.7 Å². The third-order valence-electron chi connectivity index (χ3n) is 2.61. The molecule has 1 aromatic carbocycles. The van der Waals surface area contributed by atoms with E-state index in [0.717, 1.165) is 11.0 Å². The fraction of sp³-hybridized carbons (Fsp3) is 0.455. The standard InChI is InChI=1S/C11H14BrN/c1-11(5-6-11)13-8-9-3-2-4-10(12)7-9/h2-4,7,13H,5-6,8H2,1H3. The van der Waals surface area contributed by atoms with Crippen LogP contribution < -0.4 is 5.32 Å². The van der Waals surface area contributed by atoms with Crippen LogP contribution in [0.3, 0.4) is 0 Å². The molecule has 0 atom stereocenters. The fourth-order valence-corrected chi connectivity index (χ4v) is 1.77. The zero-order chi connectivity index (χ0) is 9.31. The number of benzene rings is 1. The number of hydrogen-bond acceptors (Lipinski definition) is 1. The van der Waals surface area contributed by atoms with Crippen molar-refractivity contribution in [3.05, 3.63) is 34.3 Å². The van der Waals surface area contributed by atoms with E-state index >= 15 is 0 Å². The maximum absolute atomic E-state index is 3.56. The second-order valence-corrected chi connectivity index (χ2v) is 4.96. The summed E-state index contributed by atoms with van der Waals surface area (Å²) in [6.45, 7) is 3.26. The molecular weight excluding hydrogens is 226 g/mol. The Morgan fingerprint density at radius 3 is 2.85 bits per heavy atom. The molecule has 0 heterocycles. The van der Waals surface area contributed by atoms with Gasteiger partial charge in [0.2, 0.25) is 0 Å². The molecule has 1 N–H and O–H groups in total. The Kier molecular flexibility index (Phi) is 2.43. The van der Waals surface area contributed by atoms with E-state index in [9.17, 15) is 0 Å². The van der Waals surface area contributed by atoms with Crippen LogP contribution in [0, 0.1) is 0 Å². The Morgan fingerprint density at radius 2 is 2.23 bits per heavy atom. The normalized spacial score (nSPS) is 18.6. The van der Waals surface area contributed by atoms with Gasteiger partial charge in [0.15, 0.2) is 0 Å². The molecule has 13 heavy (non-hydrogen) atoms. The minimum atomic E-state index is 0.433. The van der Waals surface area contributed by atoms with Crippen LogP contribution >= 0.6 is 15.9 Å². The quantitative estimate of drug-likeness (QED) is 0.856. The fourth-order valence-electron chi connectivity index (χ4n) is 1.33. The molecule has 2 rings (SSSR count). The Morgan fingerprint density at radius 1 is 1.46 bits per heavy atom. The molecule has 0 spiro atoms. The predicted molar refractivity (Wildman–Crippen MR) is 58.6 cm³/mol. The molecule has 1 aliphatic rings. The van der Waals surface area contributed by atoms with Crippen molar-refractivity contribution >= 4 is 15.9 Å². The van der Waals surface area contributed by atoms with Crippen LogP contribution in [0.25, 0.3) is 0 Å². The molecular formula is C11H14BrN. The molecule has 0 radical (unpaired) electrons. The SMILES string of the molecule is CC1(NCc2cccc(Br)c2)CC1. The molecule has 1 aromatic rings. The second kappa shape index (κ2) is 3.43. The first kappa shape index (κ1) is 9.22. The van der Waals surface area contributed by atoms with Crippen molar-refractivity contribution in [1.82, 2.24) is 5.32 Å². The average molecular weight is 240 g/mol. The van der Waals surface area contributed by atoms with E-state index in [1.165, 1.54) is 18.4 Å². The first-order valence-electron chi connectivity index (χ1n) is 4.67. The van der Waals surface area contributed by atoms with Crippen LogP contribution in [0.4, 0.5) is 0 Å². The Labute approximate surface area is 87.7 Å². The lowest BCUT2D eigenvalue weighted by Gasteiger charge is -2.10. The van der Waals surface area contributed by atoms with Crippen LogP contribution in [0.2, 0.25) is 0 Å². The smallest absolute Gasteiger partial charge is 0.0210 e. The molecule has 0 bridgehead atoms. The van der Waals surface area contributed by atoms with Gasteiger partial charge in [0.05, 0.1) is 0 Å². The number of rotatable bonds is 3. The van der Waals surface area contributed by atoms with Crippen LogP contribution in [-0.2, 0) is 6.54 Å². The van der Waals surface area contributed by atoms with Crippen LogP contribution in [0.1, 0.15) is 25.3 Å². The number of hydrogen-bond donors (Lipinski definition) is 1. The van der Waals surface area contributed by atoms with Gasteiger partial charge in [-0.05, 0) is 37.5 Å². The summed E-state index contributed by atoms with van der Waals surface area (Å²) in [6, 6.07) is 8.46. The second-order valence-electron chi connectivity index (χ2n) is 4.04. The maximum atomic E-state index is 3.56. The van der Waals surface area contributed by atoms with Gasteiger partial charge in [-0.25, -0.2) is 0 Å². The van der Waals surface area contributed by atoms with E-state index in [1.54, 1.807) is 0 Å². The van der Waals surface area contributed by atoms with Gasteiger partial charge in [-0.15, -0.1) is 0 Å². The van der Waals surface area contributed by atoms with Crippen molar-refractivity contribution in [1.29, 1.82) is 0 Å². The monoisotopic (exact) mass is 239 g/mol. The third kappa shape index (κ3) is 2.55. The Hall–Kier alpha value is -0.340. The summed E-state index contributed by atoms with van der Waals surface area (Å²) in [7, 11) is 0. The first-order chi connectivity index (χ1) is 6.18. The van der Waals surface area contributed by atoms with Gasteiger partial charge in [-0.2, -0.15) is 0 Å². The average Bonchev–Trinajstić information content (AvgIpc) is 2.82. The zero-order valence-corrected chi connectivity index (χ0v) is 9.39. The van der Waals surface area contributed by atoms with Crippen molar-refractivity contribution < 1.29 is 0 Å². The van der Waals surface area contributed by atoms with Gasteiger partial charge < -0.3 is 5.32 Å².